The molecule has 0 radical (unpaired) electrons. The number of carbonyl (C=O) groups excluding carboxylic acids is 1. The maximum atomic E-state index is 12.0. The quantitative estimate of drug-likeness (QED) is 0.243. The van der Waals surface area contributed by atoms with Crippen LogP contribution in [0.3, 0.4) is 0 Å². The molecule has 0 aliphatic rings. The van der Waals surface area contributed by atoms with E-state index in [1.807, 2.05) is 0 Å². The number of hydrogen-bond donors (Lipinski definition) is 5. The lowest BCUT2D eigenvalue weighted by atomic mass is 10.1. The van der Waals surface area contributed by atoms with Gasteiger partial charge in [0.1, 0.15) is 23.1 Å². The molecule has 5 N–H and O–H groups in total. The van der Waals surface area contributed by atoms with Crippen LogP contribution in [0.1, 0.15) is 11.1 Å². The average molecular weight is 352 g/mol. The summed E-state index contributed by atoms with van der Waals surface area (Å²) in [6.45, 7) is 0.0653. The minimum Gasteiger partial charge on any atom is -0.508 e. The summed E-state index contributed by atoms with van der Waals surface area (Å²) >= 11 is 0. The molecule has 0 saturated heterocycles. The summed E-state index contributed by atoms with van der Waals surface area (Å²) in [5.74, 6) is -1.39. The van der Waals surface area contributed by atoms with Gasteiger partial charge in [0.2, 0.25) is 0 Å². The van der Waals surface area contributed by atoms with Crippen LogP contribution >= 0.6 is 0 Å². The summed E-state index contributed by atoms with van der Waals surface area (Å²) in [5, 5.41) is 49.1. The smallest absolute Gasteiger partial charge is 0.262 e. The number of aromatic hydroxyl groups is 4. The van der Waals surface area contributed by atoms with Gasteiger partial charge in [0.25, 0.3) is 5.91 Å². The van der Waals surface area contributed by atoms with Crippen molar-refractivity contribution in [2.45, 2.75) is 6.54 Å². The van der Waals surface area contributed by atoms with E-state index >= 15 is 0 Å². The first-order valence-corrected chi connectivity index (χ1v) is 7.49. The Balaban J connectivity index is 2.03. The van der Waals surface area contributed by atoms with E-state index in [4.69, 9.17) is 5.26 Å². The summed E-state index contributed by atoms with van der Waals surface area (Å²) in [5.41, 5.74) is 0.904. The number of amides is 1. The molecular formula is C19H16N2O5. The number of nitrogens with one attached hydrogen (secondary N) is 1. The molecule has 26 heavy (non-hydrogen) atoms. The molecule has 0 aliphatic carbocycles. The van der Waals surface area contributed by atoms with Gasteiger partial charge >= 0.3 is 0 Å². The Morgan fingerprint density at radius 1 is 1.04 bits per heavy atom. The lowest BCUT2D eigenvalue weighted by Gasteiger charge is -2.05. The van der Waals surface area contributed by atoms with Crippen molar-refractivity contribution in [1.82, 2.24) is 5.32 Å². The molecule has 0 bridgehead atoms. The predicted molar refractivity (Wildman–Crippen MR) is 94.1 cm³/mol. The van der Waals surface area contributed by atoms with Gasteiger partial charge in [0, 0.05) is 12.6 Å². The fraction of sp³-hybridized carbons (Fsp3) is 0.0526. The standard InChI is InChI=1S/C19H16N2O5/c20-10-14(3-1-2-12-6-15(22)9-16(23)7-12)19(26)21-11-13-4-5-17(24)18(25)8-13/h1-9,22-25H,11H2,(H,21,26)/b2-1+,14-3+. The molecule has 0 saturated carbocycles. The van der Waals surface area contributed by atoms with Crippen LogP contribution < -0.4 is 5.32 Å². The van der Waals surface area contributed by atoms with E-state index in [-0.39, 0.29) is 35.1 Å². The van der Waals surface area contributed by atoms with E-state index in [0.29, 0.717) is 11.1 Å². The van der Waals surface area contributed by atoms with Gasteiger partial charge in [-0.25, -0.2) is 0 Å². The van der Waals surface area contributed by atoms with Crippen LogP contribution in [0.2, 0.25) is 0 Å². The second-order valence-electron chi connectivity index (χ2n) is 5.34. The van der Waals surface area contributed by atoms with Gasteiger partial charge in [-0.2, -0.15) is 5.26 Å². The molecule has 2 rings (SSSR count). The number of carbonyl (C=O) groups is 1. The number of rotatable bonds is 5. The van der Waals surface area contributed by atoms with Crippen molar-refractivity contribution in [3.05, 3.63) is 65.3 Å². The Morgan fingerprint density at radius 2 is 1.73 bits per heavy atom. The molecule has 0 fully saturated rings. The van der Waals surface area contributed by atoms with Gasteiger partial charge < -0.3 is 25.7 Å². The van der Waals surface area contributed by atoms with Crippen LogP contribution in [-0.4, -0.2) is 26.3 Å². The van der Waals surface area contributed by atoms with Crippen LogP contribution in [0.4, 0.5) is 0 Å². The molecule has 0 aliphatic heterocycles. The zero-order valence-electron chi connectivity index (χ0n) is 13.5. The Morgan fingerprint density at radius 3 is 2.35 bits per heavy atom. The molecule has 7 heteroatoms. The van der Waals surface area contributed by atoms with Crippen molar-refractivity contribution in [2.24, 2.45) is 0 Å². The van der Waals surface area contributed by atoms with Crippen LogP contribution in [0, 0.1) is 11.3 Å². The topological polar surface area (TPSA) is 134 Å². The van der Waals surface area contributed by atoms with E-state index in [2.05, 4.69) is 5.32 Å². The highest BCUT2D eigenvalue weighted by molar-refractivity contribution is 5.97. The summed E-state index contributed by atoms with van der Waals surface area (Å²) in [7, 11) is 0. The Labute approximate surface area is 149 Å². The Kier molecular flexibility index (Phi) is 5.85. The second-order valence-corrected chi connectivity index (χ2v) is 5.34. The normalized spacial score (nSPS) is 11.3. The Hall–Kier alpha value is -3.92. The number of nitriles is 1. The van der Waals surface area contributed by atoms with E-state index in [1.54, 1.807) is 6.07 Å². The number of hydrogen-bond acceptors (Lipinski definition) is 6. The molecular weight excluding hydrogens is 336 g/mol. The third-order valence-electron chi connectivity index (χ3n) is 3.33. The van der Waals surface area contributed by atoms with E-state index in [9.17, 15) is 25.2 Å². The number of phenols is 4. The van der Waals surface area contributed by atoms with Gasteiger partial charge in [-0.15, -0.1) is 0 Å². The molecule has 0 atom stereocenters. The number of benzene rings is 2. The third-order valence-corrected chi connectivity index (χ3v) is 3.33. The highest BCUT2D eigenvalue weighted by Gasteiger charge is 2.08. The summed E-state index contributed by atoms with van der Waals surface area (Å²) in [6, 6.07) is 9.91. The summed E-state index contributed by atoms with van der Waals surface area (Å²) in [4.78, 5) is 12.0. The zero-order chi connectivity index (χ0) is 19.1. The maximum absolute atomic E-state index is 12.0. The first kappa shape index (κ1) is 18.4. The molecule has 0 unspecified atom stereocenters. The fourth-order valence-electron chi connectivity index (χ4n) is 2.09. The zero-order valence-corrected chi connectivity index (χ0v) is 13.5. The molecule has 0 aromatic heterocycles. The van der Waals surface area contributed by atoms with Crippen molar-refractivity contribution < 1.29 is 25.2 Å². The van der Waals surface area contributed by atoms with Gasteiger partial charge in [0.05, 0.1) is 0 Å². The number of phenolic OH excluding ortho intramolecular Hbond substituents is 4. The Bertz CT molecular complexity index is 906. The molecule has 0 heterocycles. The fourth-order valence-corrected chi connectivity index (χ4v) is 2.09. The average Bonchev–Trinajstić information content (AvgIpc) is 2.58. The van der Waals surface area contributed by atoms with Crippen molar-refractivity contribution in [1.29, 1.82) is 5.26 Å². The van der Waals surface area contributed by atoms with Crippen LogP contribution in [-0.2, 0) is 11.3 Å². The molecule has 0 spiro atoms. The first-order chi connectivity index (χ1) is 12.4. The second kappa shape index (κ2) is 8.26. The first-order valence-electron chi connectivity index (χ1n) is 7.49. The maximum Gasteiger partial charge on any atom is 0.262 e. The van der Waals surface area contributed by atoms with Crippen LogP contribution in [0.5, 0.6) is 23.0 Å². The van der Waals surface area contributed by atoms with Crippen molar-refractivity contribution in [3.8, 4) is 29.1 Å². The highest BCUT2D eigenvalue weighted by Crippen LogP contribution is 2.24. The highest BCUT2D eigenvalue weighted by atomic mass is 16.3. The molecule has 7 nitrogen and oxygen atoms in total. The molecule has 1 amide bonds. The molecule has 132 valence electrons. The SMILES string of the molecule is N#C/C(=C\C=C\c1cc(O)cc(O)c1)C(=O)NCc1ccc(O)c(O)c1. The lowest BCUT2D eigenvalue weighted by molar-refractivity contribution is -0.117. The van der Waals surface area contributed by atoms with Gasteiger partial charge in [0.15, 0.2) is 11.5 Å². The number of nitrogens with zero attached hydrogens (tertiary/aromatic N) is 1. The van der Waals surface area contributed by atoms with Crippen molar-refractivity contribution >= 4 is 12.0 Å². The van der Waals surface area contributed by atoms with E-state index in [0.717, 1.165) is 0 Å². The predicted octanol–water partition coefficient (Wildman–Crippen LogP) is 2.29. The third kappa shape index (κ3) is 5.04. The minimum atomic E-state index is -0.608. The molecule has 2 aromatic carbocycles. The van der Waals surface area contributed by atoms with Crippen LogP contribution in [0.25, 0.3) is 6.08 Å². The monoisotopic (exact) mass is 352 g/mol. The molecule has 2 aromatic rings. The minimum absolute atomic E-state index is 0.0653. The van der Waals surface area contributed by atoms with Crippen LogP contribution in [0.15, 0.2) is 54.1 Å². The number of allylic oxidation sites excluding steroid dienone is 2. The van der Waals surface area contributed by atoms with Crippen molar-refractivity contribution in [3.63, 3.8) is 0 Å². The lowest BCUT2D eigenvalue weighted by Crippen LogP contribution is -2.23. The summed E-state index contributed by atoms with van der Waals surface area (Å²) < 4.78 is 0. The van der Waals surface area contributed by atoms with Gasteiger partial charge in [-0.1, -0.05) is 18.2 Å². The van der Waals surface area contributed by atoms with Gasteiger partial charge in [-0.05, 0) is 41.5 Å². The van der Waals surface area contributed by atoms with E-state index in [1.165, 1.54) is 54.6 Å². The summed E-state index contributed by atoms with van der Waals surface area (Å²) in [6.07, 6.45) is 4.26. The van der Waals surface area contributed by atoms with Crippen molar-refractivity contribution in [2.75, 3.05) is 0 Å². The van der Waals surface area contributed by atoms with Gasteiger partial charge in [-0.3, -0.25) is 4.79 Å². The van der Waals surface area contributed by atoms with E-state index < -0.39 is 5.91 Å². The largest absolute Gasteiger partial charge is 0.508 e.